The molecule has 0 radical (unpaired) electrons. The van der Waals surface area contributed by atoms with E-state index in [9.17, 15) is 14.4 Å². The molecule has 0 unspecified atom stereocenters. The highest BCUT2D eigenvalue weighted by Crippen LogP contribution is 2.22. The van der Waals surface area contributed by atoms with E-state index in [1.807, 2.05) is 0 Å². The summed E-state index contributed by atoms with van der Waals surface area (Å²) in [6.45, 7) is 6.53. The summed E-state index contributed by atoms with van der Waals surface area (Å²) in [5.41, 5.74) is 0.301. The van der Waals surface area contributed by atoms with Crippen molar-refractivity contribution in [3.05, 3.63) is 0 Å². The smallest absolute Gasteiger partial charge is 0.329 e. The zero-order chi connectivity index (χ0) is 14.5. The normalized spacial score (nSPS) is 16.1. The van der Waals surface area contributed by atoms with Gasteiger partial charge in [-0.15, -0.1) is 5.06 Å². The summed E-state index contributed by atoms with van der Waals surface area (Å²) >= 11 is 1.46. The van der Waals surface area contributed by atoms with Gasteiger partial charge < -0.3 is 4.84 Å². The Morgan fingerprint density at radius 2 is 1.84 bits per heavy atom. The predicted molar refractivity (Wildman–Crippen MR) is 73.2 cm³/mol. The van der Waals surface area contributed by atoms with E-state index in [1.54, 1.807) is 0 Å². The highest BCUT2D eigenvalue weighted by Gasteiger charge is 2.32. The number of imide groups is 1. The first kappa shape index (κ1) is 16.0. The third-order valence-electron chi connectivity index (χ3n) is 2.63. The molecule has 1 fully saturated rings. The quantitative estimate of drug-likeness (QED) is 0.553. The summed E-state index contributed by atoms with van der Waals surface area (Å²) in [5.74, 6) is -0.369. The Morgan fingerprint density at radius 3 is 2.37 bits per heavy atom. The van der Waals surface area contributed by atoms with Gasteiger partial charge in [-0.2, -0.15) is 11.8 Å². The summed E-state index contributed by atoms with van der Waals surface area (Å²) < 4.78 is 0. The lowest BCUT2D eigenvalue weighted by Crippen LogP contribution is -2.32. The van der Waals surface area contributed by atoms with Crippen LogP contribution in [0.15, 0.2) is 0 Å². The van der Waals surface area contributed by atoms with Gasteiger partial charge in [0.15, 0.2) is 0 Å². The number of carbonyl (C=O) groups excluding carboxylic acids is 3. The molecule has 5 nitrogen and oxygen atoms in total. The molecule has 2 amide bonds. The van der Waals surface area contributed by atoms with Crippen LogP contribution in [0, 0.1) is 5.41 Å². The lowest BCUT2D eigenvalue weighted by molar-refractivity contribution is -0.195. The Hall–Kier alpha value is -1.04. The topological polar surface area (TPSA) is 63.7 Å². The first-order valence-electron chi connectivity index (χ1n) is 6.44. The van der Waals surface area contributed by atoms with Crippen molar-refractivity contribution in [1.29, 1.82) is 0 Å². The molecule has 1 saturated heterocycles. The third-order valence-corrected chi connectivity index (χ3v) is 3.65. The molecule has 108 valence electrons. The van der Waals surface area contributed by atoms with Crippen molar-refractivity contribution < 1.29 is 19.2 Å². The van der Waals surface area contributed by atoms with Crippen molar-refractivity contribution >= 4 is 29.5 Å². The Labute approximate surface area is 118 Å². The van der Waals surface area contributed by atoms with Crippen LogP contribution in [0.3, 0.4) is 0 Å². The van der Waals surface area contributed by atoms with E-state index in [0.29, 0.717) is 10.5 Å². The lowest BCUT2D eigenvalue weighted by Gasteiger charge is -2.17. The summed E-state index contributed by atoms with van der Waals surface area (Å²) in [6, 6.07) is 0. The Bertz CT molecular complexity index is 346. The average molecular weight is 287 g/mol. The number of nitrogens with zero attached hydrogens (tertiary/aromatic N) is 1. The first-order chi connectivity index (χ1) is 8.79. The largest absolute Gasteiger partial charge is 0.342 e. The molecule has 0 saturated carbocycles. The highest BCUT2D eigenvalue weighted by atomic mass is 32.2. The van der Waals surface area contributed by atoms with Gasteiger partial charge >= 0.3 is 5.97 Å². The fourth-order valence-electron chi connectivity index (χ4n) is 1.65. The minimum absolute atomic E-state index is 0.130. The van der Waals surface area contributed by atoms with Crippen molar-refractivity contribution in [3.63, 3.8) is 0 Å². The van der Waals surface area contributed by atoms with Gasteiger partial charge in [0.1, 0.15) is 0 Å². The second kappa shape index (κ2) is 6.93. The van der Waals surface area contributed by atoms with E-state index < -0.39 is 17.8 Å². The van der Waals surface area contributed by atoms with Crippen molar-refractivity contribution in [2.24, 2.45) is 5.41 Å². The molecule has 1 rings (SSSR count). The molecule has 0 N–H and O–H groups in total. The molecule has 0 aromatic carbocycles. The molecule has 0 atom stereocenters. The van der Waals surface area contributed by atoms with Crippen molar-refractivity contribution in [3.8, 4) is 0 Å². The predicted octanol–water partition coefficient (Wildman–Crippen LogP) is 2.15. The third kappa shape index (κ3) is 6.09. The van der Waals surface area contributed by atoms with Gasteiger partial charge in [-0.1, -0.05) is 20.8 Å². The van der Waals surface area contributed by atoms with Gasteiger partial charge in [0.05, 0.1) is 5.75 Å². The number of hydrogen-bond donors (Lipinski definition) is 0. The zero-order valence-corrected chi connectivity index (χ0v) is 12.5. The maximum absolute atomic E-state index is 11.5. The molecule has 0 bridgehead atoms. The molecule has 0 aliphatic carbocycles. The summed E-state index contributed by atoms with van der Waals surface area (Å²) in [4.78, 5) is 38.7. The molecule has 0 spiro atoms. The highest BCUT2D eigenvalue weighted by molar-refractivity contribution is 7.99. The van der Waals surface area contributed by atoms with Crippen LogP contribution in [0.5, 0.6) is 0 Å². The van der Waals surface area contributed by atoms with Crippen LogP contribution in [-0.2, 0) is 19.2 Å². The number of rotatable bonds is 6. The summed E-state index contributed by atoms with van der Waals surface area (Å²) in [7, 11) is 0. The van der Waals surface area contributed by atoms with Crippen LogP contribution in [0.25, 0.3) is 0 Å². The fraction of sp³-hybridized carbons (Fsp3) is 0.769. The first-order valence-corrected chi connectivity index (χ1v) is 7.59. The summed E-state index contributed by atoms with van der Waals surface area (Å²) in [5, 5.41) is 0.595. The monoisotopic (exact) mass is 287 g/mol. The average Bonchev–Trinajstić information content (AvgIpc) is 2.59. The Kier molecular flexibility index (Phi) is 5.85. The number of thioether (sulfide) groups is 1. The van der Waals surface area contributed by atoms with Gasteiger partial charge in [0.25, 0.3) is 11.8 Å². The zero-order valence-electron chi connectivity index (χ0n) is 11.7. The molecule has 0 aromatic rings. The maximum Gasteiger partial charge on any atom is 0.342 e. The van der Waals surface area contributed by atoms with Crippen molar-refractivity contribution in [2.75, 3.05) is 11.5 Å². The standard InChI is InChI=1S/C13H21NO4S/c1-13(2,3)7-4-8-19-9-12(17)18-14-10(15)5-6-11(14)16/h4-9H2,1-3H3. The molecule has 1 aliphatic heterocycles. The van der Waals surface area contributed by atoms with E-state index in [2.05, 4.69) is 20.8 Å². The van der Waals surface area contributed by atoms with Crippen LogP contribution >= 0.6 is 11.8 Å². The van der Waals surface area contributed by atoms with E-state index in [1.165, 1.54) is 11.8 Å². The summed E-state index contributed by atoms with van der Waals surface area (Å²) in [6.07, 6.45) is 2.39. The molecular formula is C13H21NO4S. The molecule has 19 heavy (non-hydrogen) atoms. The number of hydroxylamine groups is 2. The molecular weight excluding hydrogens is 266 g/mol. The van der Waals surface area contributed by atoms with E-state index in [0.717, 1.165) is 18.6 Å². The van der Waals surface area contributed by atoms with E-state index >= 15 is 0 Å². The maximum atomic E-state index is 11.5. The Morgan fingerprint density at radius 1 is 1.26 bits per heavy atom. The molecule has 1 heterocycles. The lowest BCUT2D eigenvalue weighted by atomic mass is 9.91. The fourth-order valence-corrected chi connectivity index (χ4v) is 2.36. The second-order valence-corrected chi connectivity index (χ2v) is 6.87. The number of amides is 2. The van der Waals surface area contributed by atoms with Gasteiger partial charge in [-0.05, 0) is 24.0 Å². The van der Waals surface area contributed by atoms with Crippen LogP contribution < -0.4 is 0 Å². The van der Waals surface area contributed by atoms with E-state index in [-0.39, 0.29) is 18.6 Å². The van der Waals surface area contributed by atoms with Crippen molar-refractivity contribution in [1.82, 2.24) is 5.06 Å². The van der Waals surface area contributed by atoms with Gasteiger partial charge in [-0.3, -0.25) is 9.59 Å². The van der Waals surface area contributed by atoms with Crippen molar-refractivity contribution in [2.45, 2.75) is 46.5 Å². The molecule has 0 aromatic heterocycles. The van der Waals surface area contributed by atoms with Gasteiger partial charge in [0.2, 0.25) is 0 Å². The van der Waals surface area contributed by atoms with E-state index in [4.69, 9.17) is 4.84 Å². The van der Waals surface area contributed by atoms with Crippen LogP contribution in [-0.4, -0.2) is 34.4 Å². The van der Waals surface area contributed by atoms with Gasteiger partial charge in [-0.25, -0.2) is 4.79 Å². The minimum atomic E-state index is -0.538. The minimum Gasteiger partial charge on any atom is -0.329 e. The second-order valence-electron chi connectivity index (χ2n) is 5.76. The molecule has 1 aliphatic rings. The van der Waals surface area contributed by atoms with Crippen LogP contribution in [0.2, 0.25) is 0 Å². The van der Waals surface area contributed by atoms with Crippen LogP contribution in [0.4, 0.5) is 0 Å². The number of hydrogen-bond acceptors (Lipinski definition) is 5. The molecule has 6 heteroatoms. The SMILES string of the molecule is CC(C)(C)CCCSCC(=O)ON1C(=O)CCC1=O. The number of carbonyl (C=O) groups is 3. The van der Waals surface area contributed by atoms with Gasteiger partial charge in [0, 0.05) is 12.8 Å². The Balaban J connectivity index is 2.15. The van der Waals surface area contributed by atoms with Crippen LogP contribution in [0.1, 0.15) is 46.5 Å².